The number of rotatable bonds is 3. The second-order valence-electron chi connectivity index (χ2n) is 22.2. The van der Waals surface area contributed by atoms with Gasteiger partial charge in [-0.05, 0) is 120 Å². The van der Waals surface area contributed by atoms with Crippen molar-refractivity contribution >= 4 is 92.1 Å². The monoisotopic (exact) mass is 870 g/mol. The van der Waals surface area contributed by atoms with E-state index in [1.165, 1.54) is 121 Å². The van der Waals surface area contributed by atoms with E-state index in [9.17, 15) is 0 Å². The van der Waals surface area contributed by atoms with E-state index in [2.05, 4.69) is 237 Å². The van der Waals surface area contributed by atoms with Crippen LogP contribution in [0.4, 0.5) is 34.1 Å². The molecule has 4 heterocycles. The molecule has 0 unspecified atom stereocenters. The first-order valence-electron chi connectivity index (χ1n) is 23.8. The van der Waals surface area contributed by atoms with E-state index in [4.69, 9.17) is 0 Å². The fourth-order valence-electron chi connectivity index (χ4n) is 11.5. The Morgan fingerprint density at radius 3 is 1.44 bits per heavy atom. The van der Waals surface area contributed by atoms with Gasteiger partial charge in [-0.25, -0.2) is 0 Å². The molecule has 0 saturated heterocycles. The predicted octanol–water partition coefficient (Wildman–Crippen LogP) is 12.6. The van der Waals surface area contributed by atoms with Gasteiger partial charge in [0, 0.05) is 43.8 Å². The van der Waals surface area contributed by atoms with Crippen molar-refractivity contribution in [2.24, 2.45) is 0 Å². The Balaban J connectivity index is 1.34. The van der Waals surface area contributed by atoms with Crippen LogP contribution in [0, 0.1) is 6.92 Å². The second kappa shape index (κ2) is 14.4. The van der Waals surface area contributed by atoms with Crippen LogP contribution in [0.25, 0.3) is 22.3 Å². The number of aryl methyl sites for hydroxylation is 1. The molecule has 0 aliphatic carbocycles. The van der Waals surface area contributed by atoms with Gasteiger partial charge in [0.2, 0.25) is 6.71 Å². The lowest BCUT2D eigenvalue weighted by Crippen LogP contribution is -2.68. The molecular formula is C61H56B2N2S. The first kappa shape index (κ1) is 41.3. The number of hydrogen-bond donors (Lipinski definition) is 0. The third kappa shape index (κ3) is 6.04. The van der Waals surface area contributed by atoms with Crippen molar-refractivity contribution in [3.05, 3.63) is 180 Å². The van der Waals surface area contributed by atoms with Gasteiger partial charge >= 0.3 is 0 Å². The van der Waals surface area contributed by atoms with Gasteiger partial charge in [-0.3, -0.25) is 0 Å². The highest BCUT2D eigenvalue weighted by Gasteiger charge is 2.52. The maximum absolute atomic E-state index is 2.71. The van der Waals surface area contributed by atoms with Crippen molar-refractivity contribution in [3.63, 3.8) is 0 Å². The molecule has 0 atom stereocenters. The van der Waals surface area contributed by atoms with Crippen molar-refractivity contribution in [2.45, 2.75) is 95.3 Å². The van der Waals surface area contributed by atoms with Crippen LogP contribution in [0.1, 0.15) is 84.6 Å². The van der Waals surface area contributed by atoms with E-state index in [0.29, 0.717) is 0 Å². The number of fused-ring (bicyclic) bond motifs is 10. The quantitative estimate of drug-likeness (QED) is 0.163. The van der Waals surface area contributed by atoms with E-state index in [1.807, 2.05) is 11.8 Å². The van der Waals surface area contributed by atoms with Crippen molar-refractivity contribution in [2.75, 3.05) is 9.80 Å². The van der Waals surface area contributed by atoms with E-state index in [0.717, 1.165) is 0 Å². The molecule has 0 amide bonds. The highest BCUT2D eigenvalue weighted by molar-refractivity contribution is 8.00. The zero-order valence-electron chi connectivity index (χ0n) is 40.0. The Morgan fingerprint density at radius 2 is 0.879 bits per heavy atom. The lowest BCUT2D eigenvalue weighted by atomic mass is 9.29. The maximum atomic E-state index is 2.71. The van der Waals surface area contributed by atoms with Gasteiger partial charge in [-0.1, -0.05) is 207 Å². The molecule has 4 aliphatic rings. The summed E-state index contributed by atoms with van der Waals surface area (Å²) in [7, 11) is 0. The molecule has 0 bridgehead atoms. The number of nitrogens with zero attached hydrogens (tertiary/aromatic N) is 2. The largest absolute Gasteiger partial charge is 0.312 e. The number of anilines is 6. The summed E-state index contributed by atoms with van der Waals surface area (Å²) in [6.07, 6.45) is 0. The smallest absolute Gasteiger partial charge is 0.252 e. The van der Waals surface area contributed by atoms with Crippen molar-refractivity contribution in [1.82, 2.24) is 0 Å². The van der Waals surface area contributed by atoms with E-state index < -0.39 is 0 Å². The molecule has 0 saturated carbocycles. The third-order valence-electron chi connectivity index (χ3n) is 14.9. The molecule has 0 spiro atoms. The Kier molecular flexibility index (Phi) is 9.02. The number of hydrogen-bond acceptors (Lipinski definition) is 3. The molecule has 322 valence electrons. The minimum atomic E-state index is -0.0431. The van der Waals surface area contributed by atoms with E-state index in [-0.39, 0.29) is 29.7 Å². The Bertz CT molecular complexity index is 3330. The molecule has 8 aromatic rings. The second-order valence-corrected chi connectivity index (χ2v) is 23.2. The van der Waals surface area contributed by atoms with Crippen LogP contribution in [-0.4, -0.2) is 13.4 Å². The summed E-state index contributed by atoms with van der Waals surface area (Å²) in [6, 6.07) is 61.0. The normalized spacial score (nSPS) is 14.3. The molecule has 0 fully saturated rings. The summed E-state index contributed by atoms with van der Waals surface area (Å²) < 4.78 is 0. The minimum Gasteiger partial charge on any atom is -0.312 e. The summed E-state index contributed by atoms with van der Waals surface area (Å²) >= 11 is 1.98. The highest BCUT2D eigenvalue weighted by Crippen LogP contribution is 2.55. The van der Waals surface area contributed by atoms with Gasteiger partial charge in [-0.2, -0.15) is 0 Å². The SMILES string of the molecule is Cc1ccccc1N1c2ccc(C(C)(C)C)cc2B2c3cc(C(C)(C)C)ccc3N3c4ccc(C(C)(C)C)cc4B4c5ccccc5Sc5c4c3c2c1c5-c1ccccc1-c1ccccc1. The van der Waals surface area contributed by atoms with Crippen molar-refractivity contribution in [1.29, 1.82) is 0 Å². The first-order chi connectivity index (χ1) is 31.6. The zero-order valence-corrected chi connectivity index (χ0v) is 40.8. The van der Waals surface area contributed by atoms with Crippen molar-refractivity contribution < 1.29 is 0 Å². The van der Waals surface area contributed by atoms with Crippen LogP contribution in [-0.2, 0) is 16.2 Å². The molecule has 2 nitrogen and oxygen atoms in total. The van der Waals surface area contributed by atoms with E-state index in [1.54, 1.807) is 0 Å². The third-order valence-corrected chi connectivity index (χ3v) is 16.1. The molecule has 0 radical (unpaired) electrons. The van der Waals surface area contributed by atoms with Crippen LogP contribution in [0.15, 0.2) is 168 Å². The number of benzene rings is 8. The van der Waals surface area contributed by atoms with Gasteiger partial charge < -0.3 is 9.80 Å². The fraction of sp³-hybridized carbons (Fsp3) is 0.213. The van der Waals surface area contributed by atoms with Crippen LogP contribution >= 0.6 is 11.8 Å². The molecule has 4 aliphatic heterocycles. The van der Waals surface area contributed by atoms with Gasteiger partial charge in [0.05, 0.1) is 5.69 Å². The Labute approximate surface area is 397 Å². The predicted molar refractivity (Wildman–Crippen MR) is 287 cm³/mol. The zero-order chi connectivity index (χ0) is 45.6. The molecule has 8 aromatic carbocycles. The van der Waals surface area contributed by atoms with Gasteiger partial charge in [0.15, 0.2) is 0 Å². The summed E-state index contributed by atoms with van der Waals surface area (Å²) in [5, 5.41) is 0. The van der Waals surface area contributed by atoms with Crippen LogP contribution in [0.3, 0.4) is 0 Å². The minimum absolute atomic E-state index is 0.0210. The average molecular weight is 871 g/mol. The standard InChI is InChI=1S/C61H56B2N2S/c1-37-20-14-18-26-48(37)64-49-31-28-40(60(5,6)7)35-46(49)63-47-36-41(61(8,9)10)30-33-51(47)65-50-32-29-39(59(2,3)4)34-45(50)62-44-25-17-19-27-52(44)66-58-53(56(64)54(63)57(65)55(58)62)43-24-16-15-23-42(43)38-21-12-11-13-22-38/h11-36H,1-10H3. The summed E-state index contributed by atoms with van der Waals surface area (Å²) in [6.45, 7) is 23.5. The van der Waals surface area contributed by atoms with Crippen molar-refractivity contribution in [3.8, 4) is 22.3 Å². The highest BCUT2D eigenvalue weighted by atomic mass is 32.2. The Morgan fingerprint density at radius 1 is 0.409 bits per heavy atom. The molecule has 0 N–H and O–H groups in total. The lowest BCUT2D eigenvalue weighted by Gasteiger charge is -2.51. The summed E-state index contributed by atoms with van der Waals surface area (Å²) in [5.41, 5.74) is 26.3. The van der Waals surface area contributed by atoms with Crippen LogP contribution < -0.4 is 42.6 Å². The molecule has 12 rings (SSSR count). The average Bonchev–Trinajstić information content (AvgIpc) is 3.30. The topological polar surface area (TPSA) is 6.48 Å². The first-order valence-corrected chi connectivity index (χ1v) is 24.7. The lowest BCUT2D eigenvalue weighted by molar-refractivity contribution is 0.590. The summed E-state index contributed by atoms with van der Waals surface area (Å²) in [5.74, 6) is 0. The Hall–Kier alpha value is -6.16. The van der Waals surface area contributed by atoms with E-state index >= 15 is 0 Å². The number of para-hydroxylation sites is 1. The maximum Gasteiger partial charge on any atom is 0.252 e. The van der Waals surface area contributed by atoms with Gasteiger partial charge in [-0.15, -0.1) is 0 Å². The van der Waals surface area contributed by atoms with Gasteiger partial charge in [0.1, 0.15) is 0 Å². The molecular weight excluding hydrogens is 814 g/mol. The molecule has 66 heavy (non-hydrogen) atoms. The fourth-order valence-corrected chi connectivity index (χ4v) is 12.8. The van der Waals surface area contributed by atoms with Gasteiger partial charge in [0.25, 0.3) is 6.71 Å². The van der Waals surface area contributed by atoms with Crippen LogP contribution in [0.2, 0.25) is 0 Å². The molecule has 5 heteroatoms. The molecule has 0 aromatic heterocycles. The summed E-state index contributed by atoms with van der Waals surface area (Å²) in [4.78, 5) is 8.08. The van der Waals surface area contributed by atoms with Crippen LogP contribution in [0.5, 0.6) is 0 Å².